The molecule has 4 unspecified atom stereocenters. The summed E-state index contributed by atoms with van der Waals surface area (Å²) in [6, 6.07) is 0. The summed E-state index contributed by atoms with van der Waals surface area (Å²) in [6.45, 7) is 7.78. The molecule has 2 aliphatic heterocycles. The fourth-order valence-electron chi connectivity index (χ4n) is 4.98. The van der Waals surface area contributed by atoms with Crippen LogP contribution in [0.5, 0.6) is 0 Å². The molecule has 0 bridgehead atoms. The van der Waals surface area contributed by atoms with E-state index in [1.54, 1.807) is 0 Å². The van der Waals surface area contributed by atoms with Crippen LogP contribution in [0.4, 0.5) is 0 Å². The van der Waals surface area contributed by atoms with E-state index in [4.69, 9.17) is 12.6 Å². The van der Waals surface area contributed by atoms with Crippen LogP contribution in [0, 0.1) is 17.8 Å². The normalized spacial score (nSPS) is 48.3. The fraction of sp³-hybridized carbons (Fsp3) is 1.00. The molecule has 3 heteroatoms. The molecule has 18 heavy (non-hydrogen) atoms. The van der Waals surface area contributed by atoms with Gasteiger partial charge in [0.2, 0.25) is 0 Å². The van der Waals surface area contributed by atoms with Crippen LogP contribution >= 0.6 is 0 Å². The van der Waals surface area contributed by atoms with E-state index in [0.717, 1.165) is 31.0 Å². The number of fused-ring (bicyclic) bond motifs is 2. The highest BCUT2D eigenvalue weighted by Crippen LogP contribution is 2.54. The molecule has 4 atom stereocenters. The van der Waals surface area contributed by atoms with E-state index in [0.29, 0.717) is 5.54 Å². The van der Waals surface area contributed by atoms with Crippen molar-refractivity contribution >= 4 is 7.85 Å². The standard InChI is InChI=1S/C15H26BNO/c1-11-8-14(2,16)6-4-12-5-7-17(3)15(13(11)12)9-18-10-15/h11-13H,4-10H2,1-3H3. The van der Waals surface area contributed by atoms with Crippen molar-refractivity contribution in [2.75, 3.05) is 26.8 Å². The summed E-state index contributed by atoms with van der Waals surface area (Å²) in [7, 11) is 8.75. The third-order valence-electron chi connectivity index (χ3n) is 5.92. The maximum atomic E-state index is 6.46. The van der Waals surface area contributed by atoms with E-state index < -0.39 is 0 Å². The van der Waals surface area contributed by atoms with Crippen molar-refractivity contribution in [3.05, 3.63) is 0 Å². The molecule has 0 aromatic carbocycles. The molecule has 2 heterocycles. The van der Waals surface area contributed by atoms with E-state index in [9.17, 15) is 0 Å². The van der Waals surface area contributed by atoms with E-state index in [-0.39, 0.29) is 5.31 Å². The van der Waals surface area contributed by atoms with Crippen LogP contribution in [0.1, 0.15) is 39.5 Å². The highest BCUT2D eigenvalue weighted by Gasteiger charge is 2.56. The molecule has 0 amide bonds. The number of rotatable bonds is 0. The van der Waals surface area contributed by atoms with Gasteiger partial charge in [-0.05, 0) is 37.8 Å². The zero-order chi connectivity index (χ0) is 13.0. The summed E-state index contributed by atoms with van der Waals surface area (Å²) in [5.74, 6) is 2.37. The lowest BCUT2D eigenvalue weighted by molar-refractivity contribution is -0.200. The van der Waals surface area contributed by atoms with Crippen LogP contribution in [-0.2, 0) is 4.74 Å². The third kappa shape index (κ3) is 1.86. The molecule has 0 aromatic rings. The second-order valence-electron chi connectivity index (χ2n) is 7.47. The molecule has 3 aliphatic rings. The van der Waals surface area contributed by atoms with E-state index in [2.05, 4.69) is 25.8 Å². The predicted molar refractivity (Wildman–Crippen MR) is 74.9 cm³/mol. The quantitative estimate of drug-likeness (QED) is 0.610. The van der Waals surface area contributed by atoms with Crippen molar-refractivity contribution in [3.63, 3.8) is 0 Å². The minimum atomic E-state index is 0.0428. The predicted octanol–water partition coefficient (Wildman–Crippen LogP) is 2.49. The SMILES string of the molecule is [B]C1(C)CCC2CCN(C)C3(COC3)C2C(C)C1. The zero-order valence-corrected chi connectivity index (χ0v) is 12.1. The minimum absolute atomic E-state index is 0.0428. The Kier molecular flexibility index (Phi) is 3.06. The van der Waals surface area contributed by atoms with Crippen LogP contribution in [0.25, 0.3) is 0 Å². The van der Waals surface area contributed by atoms with Crippen LogP contribution in [0.3, 0.4) is 0 Å². The van der Waals surface area contributed by atoms with Gasteiger partial charge in [0.05, 0.1) is 26.6 Å². The average molecular weight is 247 g/mol. The Morgan fingerprint density at radius 2 is 2.00 bits per heavy atom. The second-order valence-corrected chi connectivity index (χ2v) is 7.47. The van der Waals surface area contributed by atoms with E-state index >= 15 is 0 Å². The Bertz CT molecular complexity index is 326. The van der Waals surface area contributed by atoms with Crippen molar-refractivity contribution in [2.45, 2.75) is 50.4 Å². The number of hydrogen-bond acceptors (Lipinski definition) is 2. The van der Waals surface area contributed by atoms with Gasteiger partial charge >= 0.3 is 0 Å². The lowest BCUT2D eigenvalue weighted by Gasteiger charge is -2.59. The van der Waals surface area contributed by atoms with Gasteiger partial charge in [-0.25, -0.2) is 0 Å². The Balaban J connectivity index is 1.90. The Labute approximate surface area is 113 Å². The van der Waals surface area contributed by atoms with Gasteiger partial charge in [0, 0.05) is 0 Å². The second kappa shape index (κ2) is 4.24. The van der Waals surface area contributed by atoms with Crippen molar-refractivity contribution < 1.29 is 4.74 Å². The molecule has 2 radical (unpaired) electrons. The van der Waals surface area contributed by atoms with Crippen LogP contribution in [0.2, 0.25) is 5.31 Å². The van der Waals surface area contributed by atoms with Gasteiger partial charge in [0.25, 0.3) is 0 Å². The van der Waals surface area contributed by atoms with Gasteiger partial charge in [0.1, 0.15) is 0 Å². The smallest absolute Gasteiger partial charge is 0.0742 e. The van der Waals surface area contributed by atoms with Crippen molar-refractivity contribution in [2.24, 2.45) is 17.8 Å². The summed E-state index contributed by atoms with van der Waals surface area (Å²) < 4.78 is 5.60. The lowest BCUT2D eigenvalue weighted by Crippen LogP contribution is -2.70. The molecule has 1 spiro atoms. The molecule has 0 N–H and O–H groups in total. The van der Waals surface area contributed by atoms with Gasteiger partial charge in [0.15, 0.2) is 0 Å². The van der Waals surface area contributed by atoms with Crippen molar-refractivity contribution in [3.8, 4) is 0 Å². The molecule has 2 saturated heterocycles. The Morgan fingerprint density at radius 1 is 1.28 bits per heavy atom. The molecule has 3 rings (SSSR count). The van der Waals surface area contributed by atoms with Gasteiger partial charge < -0.3 is 4.74 Å². The monoisotopic (exact) mass is 247 g/mol. The molecule has 3 fully saturated rings. The highest BCUT2D eigenvalue weighted by atomic mass is 16.5. The van der Waals surface area contributed by atoms with Gasteiger partial charge in [-0.2, -0.15) is 0 Å². The summed E-state index contributed by atoms with van der Waals surface area (Å²) in [5.41, 5.74) is 0.336. The number of hydrogen-bond donors (Lipinski definition) is 0. The highest BCUT2D eigenvalue weighted by molar-refractivity contribution is 6.14. The molecule has 0 aromatic heterocycles. The molecular weight excluding hydrogens is 221 g/mol. The molecule has 100 valence electrons. The van der Waals surface area contributed by atoms with Gasteiger partial charge in [-0.3, -0.25) is 4.90 Å². The summed E-state index contributed by atoms with van der Waals surface area (Å²) >= 11 is 0. The molecular formula is C15H26BNO. The Morgan fingerprint density at radius 3 is 2.61 bits per heavy atom. The Hall–Kier alpha value is -0.0151. The third-order valence-corrected chi connectivity index (χ3v) is 5.92. The molecule has 1 saturated carbocycles. The first kappa shape index (κ1) is 13.0. The first-order chi connectivity index (χ1) is 8.45. The van der Waals surface area contributed by atoms with Gasteiger partial charge in [-0.1, -0.05) is 38.4 Å². The largest absolute Gasteiger partial charge is 0.377 e. The van der Waals surface area contributed by atoms with Crippen molar-refractivity contribution in [1.29, 1.82) is 0 Å². The zero-order valence-electron chi connectivity index (χ0n) is 12.1. The van der Waals surface area contributed by atoms with Gasteiger partial charge in [-0.15, -0.1) is 0 Å². The number of likely N-dealkylation sites (N-methyl/N-ethyl adjacent to an activating group) is 1. The first-order valence-corrected chi connectivity index (χ1v) is 7.52. The summed E-state index contributed by atoms with van der Waals surface area (Å²) in [4.78, 5) is 2.58. The lowest BCUT2D eigenvalue weighted by atomic mass is 9.61. The first-order valence-electron chi connectivity index (χ1n) is 7.52. The average Bonchev–Trinajstić information content (AvgIpc) is 2.34. The number of piperidine rings is 1. The van der Waals surface area contributed by atoms with E-state index in [1.807, 2.05) is 0 Å². The molecule has 2 nitrogen and oxygen atoms in total. The molecule has 1 aliphatic carbocycles. The van der Waals surface area contributed by atoms with Crippen LogP contribution in [-0.4, -0.2) is 45.1 Å². The topological polar surface area (TPSA) is 12.5 Å². The van der Waals surface area contributed by atoms with E-state index in [1.165, 1.54) is 32.2 Å². The van der Waals surface area contributed by atoms with Crippen LogP contribution in [0.15, 0.2) is 0 Å². The van der Waals surface area contributed by atoms with Crippen molar-refractivity contribution in [1.82, 2.24) is 4.90 Å². The van der Waals surface area contributed by atoms with Crippen LogP contribution < -0.4 is 0 Å². The number of likely N-dealkylation sites (tertiary alicyclic amines) is 1. The summed E-state index contributed by atoms with van der Waals surface area (Å²) in [5, 5.41) is 0.0428. The number of nitrogens with zero attached hydrogens (tertiary/aromatic N) is 1. The maximum absolute atomic E-state index is 6.46. The fourth-order valence-corrected chi connectivity index (χ4v) is 4.98. The summed E-state index contributed by atoms with van der Waals surface area (Å²) in [6.07, 6.45) is 5.03. The maximum Gasteiger partial charge on any atom is 0.0742 e. The minimum Gasteiger partial charge on any atom is -0.377 e. The number of ether oxygens (including phenoxy) is 1.